The van der Waals surface area contributed by atoms with Gasteiger partial charge >= 0.3 is 0 Å². The minimum Gasteiger partial charge on any atom is -0.493 e. The van der Waals surface area contributed by atoms with E-state index in [2.05, 4.69) is 11.8 Å². The zero-order valence-electron chi connectivity index (χ0n) is 15.7. The van der Waals surface area contributed by atoms with Crippen LogP contribution in [0.1, 0.15) is 36.1 Å². The van der Waals surface area contributed by atoms with Crippen molar-refractivity contribution < 1.29 is 13.9 Å². The maximum atomic E-state index is 14.2. The van der Waals surface area contributed by atoms with Gasteiger partial charge in [-0.2, -0.15) is 0 Å². The number of halogens is 1. The third-order valence-electron chi connectivity index (χ3n) is 5.23. The van der Waals surface area contributed by atoms with E-state index in [9.17, 15) is 4.39 Å². The summed E-state index contributed by atoms with van der Waals surface area (Å²) in [6, 6.07) is 11.0. The molecule has 0 aliphatic carbocycles. The van der Waals surface area contributed by atoms with Gasteiger partial charge in [0.15, 0.2) is 11.5 Å². The van der Waals surface area contributed by atoms with Crippen LogP contribution in [-0.4, -0.2) is 31.7 Å². The lowest BCUT2D eigenvalue weighted by atomic mass is 9.86. The van der Waals surface area contributed by atoms with Gasteiger partial charge in [-0.05, 0) is 42.2 Å². The summed E-state index contributed by atoms with van der Waals surface area (Å²) in [5.41, 5.74) is 9.57. The Morgan fingerprint density at radius 1 is 1.19 bits per heavy atom. The number of nitrogens with zero attached hydrogens (tertiary/aromatic N) is 1. The Bertz CT molecular complexity index is 766. The molecule has 0 amide bonds. The van der Waals surface area contributed by atoms with Crippen molar-refractivity contribution in [2.75, 3.05) is 20.8 Å². The first-order valence-corrected chi connectivity index (χ1v) is 9.06. The van der Waals surface area contributed by atoms with Crippen molar-refractivity contribution in [3.05, 3.63) is 58.9 Å². The van der Waals surface area contributed by atoms with Crippen LogP contribution < -0.4 is 15.2 Å². The van der Waals surface area contributed by atoms with Gasteiger partial charge in [0, 0.05) is 24.7 Å². The standard InChI is InChI=1S/C21H27FN2O2/c1-4-18(23)21-16-12-20(26-3)19(25-2)11-14(16)9-10-24(21)13-15-7-5-6-8-17(15)22/h5-8,11-12,18,21H,4,9-10,13,23H2,1-3H3/t18-,21-/m1/s1. The third kappa shape index (κ3) is 3.55. The van der Waals surface area contributed by atoms with Crippen LogP contribution in [0, 0.1) is 5.82 Å². The normalized spacial score (nSPS) is 18.3. The van der Waals surface area contributed by atoms with Crippen LogP contribution in [0.2, 0.25) is 0 Å². The quantitative estimate of drug-likeness (QED) is 0.856. The van der Waals surface area contributed by atoms with Gasteiger partial charge < -0.3 is 15.2 Å². The Labute approximate surface area is 154 Å². The molecular weight excluding hydrogens is 331 g/mol. The van der Waals surface area contributed by atoms with Crippen LogP contribution in [0.3, 0.4) is 0 Å². The van der Waals surface area contributed by atoms with E-state index in [-0.39, 0.29) is 17.9 Å². The van der Waals surface area contributed by atoms with Gasteiger partial charge in [-0.25, -0.2) is 4.39 Å². The second kappa shape index (κ2) is 8.06. The number of hydrogen-bond acceptors (Lipinski definition) is 4. The molecule has 5 heteroatoms. The fourth-order valence-corrected chi connectivity index (χ4v) is 3.78. The first-order valence-electron chi connectivity index (χ1n) is 9.06. The van der Waals surface area contributed by atoms with Crippen LogP contribution in [0.4, 0.5) is 4.39 Å². The Morgan fingerprint density at radius 3 is 2.54 bits per heavy atom. The molecule has 0 aromatic heterocycles. The van der Waals surface area contributed by atoms with Crippen LogP contribution in [-0.2, 0) is 13.0 Å². The molecule has 26 heavy (non-hydrogen) atoms. The van der Waals surface area contributed by atoms with Crippen molar-refractivity contribution in [1.82, 2.24) is 4.90 Å². The summed E-state index contributed by atoms with van der Waals surface area (Å²) in [6.45, 7) is 3.45. The highest BCUT2D eigenvalue weighted by molar-refractivity contribution is 5.50. The maximum absolute atomic E-state index is 14.2. The minimum atomic E-state index is -0.172. The lowest BCUT2D eigenvalue weighted by Gasteiger charge is -2.40. The van der Waals surface area contributed by atoms with Crippen molar-refractivity contribution in [1.29, 1.82) is 0 Å². The maximum Gasteiger partial charge on any atom is 0.161 e. The zero-order valence-corrected chi connectivity index (χ0v) is 15.7. The van der Waals surface area contributed by atoms with E-state index in [4.69, 9.17) is 15.2 Å². The molecular formula is C21H27FN2O2. The number of fused-ring (bicyclic) bond motifs is 1. The second-order valence-corrected chi connectivity index (χ2v) is 6.73. The van der Waals surface area contributed by atoms with Crippen molar-refractivity contribution in [2.24, 2.45) is 5.73 Å². The highest BCUT2D eigenvalue weighted by Crippen LogP contribution is 2.40. The molecule has 0 radical (unpaired) electrons. The van der Waals surface area contributed by atoms with Gasteiger partial charge in [-0.3, -0.25) is 4.90 Å². The first-order chi connectivity index (χ1) is 12.6. The van der Waals surface area contributed by atoms with Gasteiger partial charge in [0.1, 0.15) is 5.82 Å². The molecule has 3 rings (SSSR count). The van der Waals surface area contributed by atoms with Crippen molar-refractivity contribution in [3.8, 4) is 11.5 Å². The molecule has 2 N–H and O–H groups in total. The van der Waals surface area contributed by atoms with E-state index in [1.165, 1.54) is 11.6 Å². The Morgan fingerprint density at radius 2 is 1.88 bits per heavy atom. The molecule has 1 aliphatic rings. The SMILES string of the molecule is CC[C@@H](N)[C@H]1c2cc(OC)c(OC)cc2CCN1Cc1ccccc1F. The largest absolute Gasteiger partial charge is 0.493 e. The van der Waals surface area contributed by atoms with Gasteiger partial charge in [0.25, 0.3) is 0 Å². The Kier molecular flexibility index (Phi) is 5.79. The predicted molar refractivity (Wildman–Crippen MR) is 101 cm³/mol. The summed E-state index contributed by atoms with van der Waals surface area (Å²) in [7, 11) is 3.28. The number of ether oxygens (including phenoxy) is 2. The first kappa shape index (κ1) is 18.7. The Hall–Kier alpha value is -2.11. The van der Waals surface area contributed by atoms with E-state index >= 15 is 0 Å². The molecule has 2 atom stereocenters. The minimum absolute atomic E-state index is 0.0168. The molecule has 4 nitrogen and oxygen atoms in total. The highest BCUT2D eigenvalue weighted by atomic mass is 19.1. The van der Waals surface area contributed by atoms with E-state index in [1.54, 1.807) is 20.3 Å². The van der Waals surface area contributed by atoms with E-state index in [0.29, 0.717) is 17.9 Å². The van der Waals surface area contributed by atoms with Crippen LogP contribution >= 0.6 is 0 Å². The molecule has 2 aromatic rings. The molecule has 0 bridgehead atoms. The molecule has 1 heterocycles. The molecule has 2 aromatic carbocycles. The van der Waals surface area contributed by atoms with Crippen molar-refractivity contribution in [2.45, 2.75) is 38.4 Å². The van der Waals surface area contributed by atoms with Gasteiger partial charge in [0.05, 0.1) is 20.3 Å². The highest BCUT2D eigenvalue weighted by Gasteiger charge is 2.33. The molecule has 0 fully saturated rings. The van der Waals surface area contributed by atoms with Crippen LogP contribution in [0.15, 0.2) is 36.4 Å². The summed E-state index contributed by atoms with van der Waals surface area (Å²) >= 11 is 0. The van der Waals surface area contributed by atoms with Crippen LogP contribution in [0.25, 0.3) is 0 Å². The second-order valence-electron chi connectivity index (χ2n) is 6.73. The molecule has 140 valence electrons. The summed E-state index contributed by atoms with van der Waals surface area (Å²) < 4.78 is 25.1. The van der Waals surface area contributed by atoms with E-state index in [0.717, 1.165) is 30.7 Å². The smallest absolute Gasteiger partial charge is 0.161 e. The fourth-order valence-electron chi connectivity index (χ4n) is 3.78. The van der Waals surface area contributed by atoms with Crippen LogP contribution in [0.5, 0.6) is 11.5 Å². The topological polar surface area (TPSA) is 47.7 Å². The average molecular weight is 358 g/mol. The lowest BCUT2D eigenvalue weighted by Crippen LogP contribution is -2.44. The summed E-state index contributed by atoms with van der Waals surface area (Å²) in [5.74, 6) is 1.26. The van der Waals surface area contributed by atoms with E-state index < -0.39 is 0 Å². The van der Waals surface area contributed by atoms with Gasteiger partial charge in [-0.1, -0.05) is 25.1 Å². The van der Waals surface area contributed by atoms with Crippen molar-refractivity contribution in [3.63, 3.8) is 0 Å². The zero-order chi connectivity index (χ0) is 18.7. The summed E-state index contributed by atoms with van der Waals surface area (Å²) in [6.07, 6.45) is 1.71. The van der Waals surface area contributed by atoms with Gasteiger partial charge in [0.2, 0.25) is 0 Å². The number of nitrogens with two attached hydrogens (primary N) is 1. The number of benzene rings is 2. The van der Waals surface area contributed by atoms with E-state index in [1.807, 2.05) is 24.3 Å². The van der Waals surface area contributed by atoms with Gasteiger partial charge in [-0.15, -0.1) is 0 Å². The number of methoxy groups -OCH3 is 2. The van der Waals surface area contributed by atoms with Crippen molar-refractivity contribution >= 4 is 0 Å². The fraction of sp³-hybridized carbons (Fsp3) is 0.429. The molecule has 0 spiro atoms. The Balaban J connectivity index is 2.00. The third-order valence-corrected chi connectivity index (χ3v) is 5.23. The molecule has 0 unspecified atom stereocenters. The summed E-state index contributed by atoms with van der Waals surface area (Å²) in [5, 5.41) is 0. The lowest BCUT2D eigenvalue weighted by molar-refractivity contribution is 0.147. The number of rotatable bonds is 6. The molecule has 0 saturated carbocycles. The average Bonchev–Trinajstić information content (AvgIpc) is 2.67. The molecule has 1 aliphatic heterocycles. The monoisotopic (exact) mass is 358 g/mol. The predicted octanol–water partition coefficient (Wildman–Crippen LogP) is 3.68. The number of hydrogen-bond donors (Lipinski definition) is 1. The molecule has 0 saturated heterocycles. The summed E-state index contributed by atoms with van der Waals surface area (Å²) in [4.78, 5) is 2.28.